The van der Waals surface area contributed by atoms with Crippen LogP contribution in [0.15, 0.2) is 73.1 Å². The smallest absolute Gasteiger partial charge is 0.246 e. The number of ether oxygens (including phenoxy) is 1. The average Bonchev–Trinajstić information content (AvgIpc) is 2.80. The van der Waals surface area contributed by atoms with E-state index in [1.165, 1.54) is 6.33 Å². The van der Waals surface area contributed by atoms with Crippen LogP contribution >= 0.6 is 0 Å². The van der Waals surface area contributed by atoms with E-state index < -0.39 is 0 Å². The minimum Gasteiger partial charge on any atom is -0.439 e. The fraction of sp³-hybridized carbons (Fsp3) is 0.240. The van der Waals surface area contributed by atoms with Gasteiger partial charge in [0.05, 0.1) is 0 Å². The van der Waals surface area contributed by atoms with E-state index in [0.29, 0.717) is 25.5 Å². The number of amides is 1. The zero-order chi connectivity index (χ0) is 21.6. The summed E-state index contributed by atoms with van der Waals surface area (Å²) in [5.41, 5.74) is 2.07. The SMILES string of the molecule is Cc1ccccc1Oc1cc(N2CCN(C(=O)/C=C/c3ccccc3)[C@H](C)C2)ncn1. The molecule has 1 atom stereocenters. The zero-order valence-corrected chi connectivity index (χ0v) is 17.8. The maximum Gasteiger partial charge on any atom is 0.246 e. The van der Waals surface area contributed by atoms with Crippen LogP contribution in [0.4, 0.5) is 5.82 Å². The lowest BCUT2D eigenvalue weighted by atomic mass is 10.1. The number of rotatable bonds is 5. The molecular weight excluding hydrogens is 388 g/mol. The number of para-hydroxylation sites is 1. The number of carbonyl (C=O) groups excluding carboxylic acids is 1. The highest BCUT2D eigenvalue weighted by molar-refractivity contribution is 5.92. The van der Waals surface area contributed by atoms with Crippen molar-refractivity contribution in [2.75, 3.05) is 24.5 Å². The maximum atomic E-state index is 12.7. The molecule has 1 fully saturated rings. The van der Waals surface area contributed by atoms with Crippen LogP contribution in [0.1, 0.15) is 18.1 Å². The van der Waals surface area contributed by atoms with Crippen molar-refractivity contribution in [1.29, 1.82) is 0 Å². The van der Waals surface area contributed by atoms with Crippen molar-refractivity contribution < 1.29 is 9.53 Å². The molecule has 1 saturated heterocycles. The molecule has 0 spiro atoms. The Kier molecular flexibility index (Phi) is 6.26. The van der Waals surface area contributed by atoms with Gasteiger partial charge in [-0.15, -0.1) is 0 Å². The molecule has 0 bridgehead atoms. The summed E-state index contributed by atoms with van der Waals surface area (Å²) in [5, 5.41) is 0. The van der Waals surface area contributed by atoms with Crippen molar-refractivity contribution in [2.24, 2.45) is 0 Å². The first-order valence-electron chi connectivity index (χ1n) is 10.4. The van der Waals surface area contributed by atoms with Gasteiger partial charge < -0.3 is 14.5 Å². The van der Waals surface area contributed by atoms with Crippen molar-refractivity contribution in [1.82, 2.24) is 14.9 Å². The molecule has 0 N–H and O–H groups in total. The Bertz CT molecular complexity index is 1070. The van der Waals surface area contributed by atoms with Gasteiger partial charge in [0, 0.05) is 37.8 Å². The van der Waals surface area contributed by atoms with Gasteiger partial charge in [0.1, 0.15) is 17.9 Å². The molecule has 0 saturated carbocycles. The second-order valence-corrected chi connectivity index (χ2v) is 7.65. The van der Waals surface area contributed by atoms with Crippen LogP contribution < -0.4 is 9.64 Å². The lowest BCUT2D eigenvalue weighted by Gasteiger charge is -2.40. The molecule has 0 aliphatic carbocycles. The van der Waals surface area contributed by atoms with Crippen LogP contribution in [0.25, 0.3) is 6.08 Å². The highest BCUT2D eigenvalue weighted by atomic mass is 16.5. The highest BCUT2D eigenvalue weighted by Gasteiger charge is 2.27. The van der Waals surface area contributed by atoms with Crippen molar-refractivity contribution in [3.05, 3.63) is 84.2 Å². The molecule has 0 radical (unpaired) electrons. The maximum absolute atomic E-state index is 12.7. The van der Waals surface area contributed by atoms with Crippen molar-refractivity contribution in [3.8, 4) is 11.6 Å². The normalized spacial score (nSPS) is 16.5. The van der Waals surface area contributed by atoms with Crippen molar-refractivity contribution in [2.45, 2.75) is 19.9 Å². The molecule has 6 nitrogen and oxygen atoms in total. The second-order valence-electron chi connectivity index (χ2n) is 7.65. The van der Waals surface area contributed by atoms with E-state index in [4.69, 9.17) is 4.74 Å². The predicted molar refractivity (Wildman–Crippen MR) is 122 cm³/mol. The van der Waals surface area contributed by atoms with Gasteiger partial charge in [0.25, 0.3) is 0 Å². The predicted octanol–water partition coefficient (Wildman–Crippen LogP) is 4.33. The molecule has 0 unspecified atom stereocenters. The third-order valence-corrected chi connectivity index (χ3v) is 5.39. The van der Waals surface area contributed by atoms with E-state index in [9.17, 15) is 4.79 Å². The first kappa shape index (κ1) is 20.6. The van der Waals surface area contributed by atoms with Crippen molar-refractivity contribution in [3.63, 3.8) is 0 Å². The first-order valence-corrected chi connectivity index (χ1v) is 10.4. The summed E-state index contributed by atoms with van der Waals surface area (Å²) in [6.07, 6.45) is 5.04. The monoisotopic (exact) mass is 414 g/mol. The molecule has 31 heavy (non-hydrogen) atoms. The lowest BCUT2D eigenvalue weighted by molar-refractivity contribution is -0.128. The number of piperazine rings is 1. The van der Waals surface area contributed by atoms with Gasteiger partial charge in [-0.25, -0.2) is 9.97 Å². The molecule has 158 valence electrons. The Morgan fingerprint density at radius 1 is 1.06 bits per heavy atom. The van der Waals surface area contributed by atoms with E-state index >= 15 is 0 Å². The van der Waals surface area contributed by atoms with Crippen LogP contribution in [-0.4, -0.2) is 46.5 Å². The number of hydrogen-bond acceptors (Lipinski definition) is 5. The summed E-state index contributed by atoms with van der Waals surface area (Å²) in [4.78, 5) is 25.4. The summed E-state index contributed by atoms with van der Waals surface area (Å²) in [5.74, 6) is 2.12. The van der Waals surface area contributed by atoms with Gasteiger partial charge in [-0.05, 0) is 37.1 Å². The summed E-state index contributed by atoms with van der Waals surface area (Å²) in [6, 6.07) is 19.6. The Labute approximate surface area is 182 Å². The molecule has 2 aromatic carbocycles. The van der Waals surface area contributed by atoms with Gasteiger partial charge in [-0.3, -0.25) is 4.79 Å². The van der Waals surface area contributed by atoms with Gasteiger partial charge in [-0.1, -0.05) is 48.5 Å². The van der Waals surface area contributed by atoms with Crippen LogP contribution in [0.3, 0.4) is 0 Å². The molecule has 1 amide bonds. The molecule has 2 heterocycles. The topological polar surface area (TPSA) is 58.6 Å². The number of nitrogens with zero attached hydrogens (tertiary/aromatic N) is 4. The Morgan fingerprint density at radius 2 is 1.84 bits per heavy atom. The summed E-state index contributed by atoms with van der Waals surface area (Å²) >= 11 is 0. The standard InChI is InChI=1S/C25H26N4O2/c1-19-8-6-7-11-22(19)31-24-16-23(26-18-27-24)28-14-15-29(20(2)17-28)25(30)13-12-21-9-4-3-5-10-21/h3-13,16,18,20H,14-15,17H2,1-2H3/b13-12+/t20-/m1/s1. The zero-order valence-electron chi connectivity index (χ0n) is 17.8. The Hall–Kier alpha value is -3.67. The third-order valence-electron chi connectivity index (χ3n) is 5.39. The molecule has 1 aliphatic heterocycles. The number of anilines is 1. The molecule has 4 rings (SSSR count). The minimum absolute atomic E-state index is 0.0299. The quantitative estimate of drug-likeness (QED) is 0.582. The first-order chi connectivity index (χ1) is 15.1. The number of carbonyl (C=O) groups is 1. The molecule has 6 heteroatoms. The average molecular weight is 415 g/mol. The minimum atomic E-state index is 0.0299. The summed E-state index contributed by atoms with van der Waals surface area (Å²) < 4.78 is 5.95. The fourth-order valence-electron chi connectivity index (χ4n) is 3.66. The molecule has 1 aliphatic rings. The van der Waals surface area contributed by atoms with E-state index in [1.54, 1.807) is 6.08 Å². The van der Waals surface area contributed by atoms with E-state index in [2.05, 4.69) is 21.8 Å². The van der Waals surface area contributed by atoms with Gasteiger partial charge in [-0.2, -0.15) is 0 Å². The largest absolute Gasteiger partial charge is 0.439 e. The van der Waals surface area contributed by atoms with Crippen LogP contribution in [-0.2, 0) is 4.79 Å². The van der Waals surface area contributed by atoms with Gasteiger partial charge in [0.15, 0.2) is 0 Å². The van der Waals surface area contributed by atoms with E-state index in [1.807, 2.05) is 78.6 Å². The van der Waals surface area contributed by atoms with Crippen LogP contribution in [0.5, 0.6) is 11.6 Å². The number of aromatic nitrogens is 2. The summed E-state index contributed by atoms with van der Waals surface area (Å²) in [7, 11) is 0. The van der Waals surface area contributed by atoms with Crippen LogP contribution in [0.2, 0.25) is 0 Å². The third kappa shape index (κ3) is 5.09. The van der Waals surface area contributed by atoms with E-state index in [-0.39, 0.29) is 11.9 Å². The molecular formula is C25H26N4O2. The van der Waals surface area contributed by atoms with Crippen molar-refractivity contribution >= 4 is 17.8 Å². The summed E-state index contributed by atoms with van der Waals surface area (Å²) in [6.45, 7) is 6.10. The van der Waals surface area contributed by atoms with Gasteiger partial charge >= 0.3 is 0 Å². The number of hydrogen-bond donors (Lipinski definition) is 0. The lowest BCUT2D eigenvalue weighted by Crippen LogP contribution is -2.54. The fourth-order valence-corrected chi connectivity index (χ4v) is 3.66. The van der Waals surface area contributed by atoms with Gasteiger partial charge in [0.2, 0.25) is 11.8 Å². The highest BCUT2D eigenvalue weighted by Crippen LogP contribution is 2.26. The molecule has 3 aromatic rings. The Balaban J connectivity index is 1.40. The van der Waals surface area contributed by atoms with Crippen LogP contribution in [0, 0.1) is 6.92 Å². The number of aryl methyl sites for hydroxylation is 1. The molecule has 1 aromatic heterocycles. The van der Waals surface area contributed by atoms with E-state index in [0.717, 1.165) is 22.7 Å². The number of benzene rings is 2. The Morgan fingerprint density at radius 3 is 2.61 bits per heavy atom. The second kappa shape index (κ2) is 9.43.